The number of hydrazone groups is 1. The van der Waals surface area contributed by atoms with Gasteiger partial charge in [0.15, 0.2) is 5.69 Å². The van der Waals surface area contributed by atoms with E-state index in [0.29, 0.717) is 12.3 Å². The molecule has 0 aliphatic carbocycles. The fraction of sp³-hybridized carbons (Fsp3) is 0.174. The number of carbonyl (C=O) groups is 1. The maximum absolute atomic E-state index is 12.7. The van der Waals surface area contributed by atoms with Crippen LogP contribution in [0, 0.1) is 25.2 Å². The summed E-state index contributed by atoms with van der Waals surface area (Å²) in [5, 5.41) is 17.6. The molecule has 8 nitrogen and oxygen atoms in total. The zero-order valence-electron chi connectivity index (χ0n) is 17.4. The number of nitrogens with one attached hydrogen (secondary N) is 1. The van der Waals surface area contributed by atoms with Crippen molar-refractivity contribution in [2.24, 2.45) is 5.10 Å². The van der Waals surface area contributed by atoms with Crippen molar-refractivity contribution in [3.05, 3.63) is 86.8 Å². The second kappa shape index (κ2) is 9.50. The first kappa shape index (κ1) is 21.5. The largest absolute Gasteiger partial charge is 0.494 e. The topological polar surface area (TPSA) is 109 Å². The summed E-state index contributed by atoms with van der Waals surface area (Å²) < 4.78 is 6.44. The fourth-order valence-corrected chi connectivity index (χ4v) is 2.85. The van der Waals surface area contributed by atoms with Crippen molar-refractivity contribution in [2.75, 3.05) is 6.61 Å². The van der Waals surface area contributed by atoms with Crippen LogP contribution in [0.25, 0.3) is 5.69 Å². The average Bonchev–Trinajstić information content (AvgIpc) is 2.76. The Bertz CT molecular complexity index is 1220. The molecule has 0 unspecified atom stereocenters. The lowest BCUT2D eigenvalue weighted by atomic mass is 10.1. The van der Waals surface area contributed by atoms with Gasteiger partial charge in [0.05, 0.1) is 18.5 Å². The van der Waals surface area contributed by atoms with E-state index in [2.05, 4.69) is 15.6 Å². The first-order chi connectivity index (χ1) is 14.9. The molecule has 0 atom stereocenters. The predicted octanol–water partition coefficient (Wildman–Crippen LogP) is 2.88. The van der Waals surface area contributed by atoms with Crippen LogP contribution >= 0.6 is 0 Å². The maximum Gasteiger partial charge on any atom is 0.292 e. The number of hydrogen-bond acceptors (Lipinski definition) is 6. The number of aryl methyl sites for hydroxylation is 1. The third kappa shape index (κ3) is 4.85. The van der Waals surface area contributed by atoms with Gasteiger partial charge in [0.25, 0.3) is 11.5 Å². The second-order valence-electron chi connectivity index (χ2n) is 6.71. The molecular formula is C23H21N5O3. The van der Waals surface area contributed by atoms with E-state index in [-0.39, 0.29) is 16.8 Å². The Kier molecular flexibility index (Phi) is 6.58. The number of carbonyl (C=O) groups excluding carboxylic acids is 1. The van der Waals surface area contributed by atoms with Gasteiger partial charge in [0.2, 0.25) is 0 Å². The van der Waals surface area contributed by atoms with Crippen LogP contribution in [0.1, 0.15) is 39.7 Å². The molecule has 0 saturated heterocycles. The van der Waals surface area contributed by atoms with Crippen molar-refractivity contribution in [1.29, 1.82) is 5.26 Å². The summed E-state index contributed by atoms with van der Waals surface area (Å²) in [7, 11) is 0. The lowest BCUT2D eigenvalue weighted by Gasteiger charge is -2.10. The predicted molar refractivity (Wildman–Crippen MR) is 117 cm³/mol. The van der Waals surface area contributed by atoms with Gasteiger partial charge in [-0.3, -0.25) is 9.59 Å². The molecule has 3 rings (SSSR count). The Morgan fingerprint density at radius 1 is 1.19 bits per heavy atom. The highest BCUT2D eigenvalue weighted by molar-refractivity contribution is 5.94. The molecule has 0 radical (unpaired) electrons. The molecule has 3 aromatic rings. The van der Waals surface area contributed by atoms with Gasteiger partial charge < -0.3 is 4.74 Å². The highest BCUT2D eigenvalue weighted by Crippen LogP contribution is 2.12. The van der Waals surface area contributed by atoms with E-state index < -0.39 is 11.5 Å². The fourth-order valence-electron chi connectivity index (χ4n) is 2.85. The van der Waals surface area contributed by atoms with Crippen molar-refractivity contribution >= 4 is 12.1 Å². The van der Waals surface area contributed by atoms with Gasteiger partial charge in [-0.1, -0.05) is 17.7 Å². The molecule has 2 aromatic carbocycles. The molecule has 0 fully saturated rings. The molecule has 0 spiro atoms. The minimum Gasteiger partial charge on any atom is -0.494 e. The highest BCUT2D eigenvalue weighted by Gasteiger charge is 2.20. The number of benzene rings is 2. The average molecular weight is 415 g/mol. The summed E-state index contributed by atoms with van der Waals surface area (Å²) in [6, 6.07) is 16.1. The monoisotopic (exact) mass is 415 g/mol. The number of amides is 1. The normalized spacial score (nSPS) is 10.6. The zero-order valence-corrected chi connectivity index (χ0v) is 17.4. The van der Waals surface area contributed by atoms with E-state index >= 15 is 0 Å². The maximum atomic E-state index is 12.7. The lowest BCUT2D eigenvalue weighted by Crippen LogP contribution is -2.31. The molecule has 1 amide bonds. The molecule has 8 heteroatoms. The van der Waals surface area contributed by atoms with Gasteiger partial charge in [-0.2, -0.15) is 20.1 Å². The number of nitriles is 1. The van der Waals surface area contributed by atoms with E-state index in [4.69, 9.17) is 4.74 Å². The van der Waals surface area contributed by atoms with E-state index in [9.17, 15) is 14.9 Å². The Hall–Kier alpha value is -4.25. The summed E-state index contributed by atoms with van der Waals surface area (Å²) in [5.41, 5.74) is 4.04. The number of aromatic nitrogens is 2. The van der Waals surface area contributed by atoms with E-state index in [1.165, 1.54) is 13.1 Å². The van der Waals surface area contributed by atoms with E-state index in [0.717, 1.165) is 21.6 Å². The number of rotatable bonds is 6. The van der Waals surface area contributed by atoms with Crippen LogP contribution in [0.15, 0.2) is 58.4 Å². The Morgan fingerprint density at radius 2 is 1.87 bits per heavy atom. The summed E-state index contributed by atoms with van der Waals surface area (Å²) in [6.45, 7) is 5.90. The molecule has 1 N–H and O–H groups in total. The van der Waals surface area contributed by atoms with Gasteiger partial charge >= 0.3 is 0 Å². The van der Waals surface area contributed by atoms with Crippen LogP contribution in [0.3, 0.4) is 0 Å². The molecular weight excluding hydrogens is 394 g/mol. The van der Waals surface area contributed by atoms with Crippen LogP contribution < -0.4 is 15.7 Å². The van der Waals surface area contributed by atoms with Crippen LogP contribution in [0.4, 0.5) is 0 Å². The minimum absolute atomic E-state index is 0.0550. The third-order valence-corrected chi connectivity index (χ3v) is 4.51. The first-order valence-corrected chi connectivity index (χ1v) is 9.62. The third-order valence-electron chi connectivity index (χ3n) is 4.51. The van der Waals surface area contributed by atoms with Crippen molar-refractivity contribution < 1.29 is 9.53 Å². The summed E-state index contributed by atoms with van der Waals surface area (Å²) in [6.07, 6.45) is 1.48. The quantitative estimate of drug-likeness (QED) is 0.492. The van der Waals surface area contributed by atoms with Crippen LogP contribution in [-0.2, 0) is 0 Å². The van der Waals surface area contributed by atoms with Crippen molar-refractivity contribution in [2.45, 2.75) is 20.8 Å². The highest BCUT2D eigenvalue weighted by atomic mass is 16.5. The first-order valence-electron chi connectivity index (χ1n) is 9.62. The molecule has 0 aliphatic rings. The molecule has 0 aliphatic heterocycles. The summed E-state index contributed by atoms with van der Waals surface area (Å²) in [5.74, 6) is 0.114. The Balaban J connectivity index is 1.88. The van der Waals surface area contributed by atoms with Gasteiger partial charge in [-0.25, -0.2) is 5.43 Å². The van der Waals surface area contributed by atoms with Crippen LogP contribution in [-0.4, -0.2) is 28.5 Å². The molecule has 31 heavy (non-hydrogen) atoms. The summed E-state index contributed by atoms with van der Waals surface area (Å²) >= 11 is 0. The van der Waals surface area contributed by atoms with Gasteiger partial charge in [0.1, 0.15) is 17.4 Å². The standard InChI is InChI=1S/C23H21N5O3/c1-4-31-19-11-7-17(8-12-19)14-25-26-22(29)21-16(3)20(13-24)23(30)28(27-21)18-9-5-15(2)6-10-18/h5-12,14H,4H2,1-3H3,(H,26,29)/b25-14+. The van der Waals surface area contributed by atoms with Crippen molar-refractivity contribution in [3.63, 3.8) is 0 Å². The number of nitrogens with zero attached hydrogens (tertiary/aromatic N) is 4. The Labute approximate surface area is 179 Å². The molecule has 0 bridgehead atoms. The van der Waals surface area contributed by atoms with Crippen LogP contribution in [0.5, 0.6) is 5.75 Å². The van der Waals surface area contributed by atoms with E-state index in [1.807, 2.05) is 32.0 Å². The zero-order chi connectivity index (χ0) is 22.4. The van der Waals surface area contributed by atoms with Crippen LogP contribution in [0.2, 0.25) is 0 Å². The molecule has 0 saturated carbocycles. The van der Waals surface area contributed by atoms with Crippen molar-refractivity contribution in [3.8, 4) is 17.5 Å². The van der Waals surface area contributed by atoms with Gasteiger partial charge in [0, 0.05) is 5.56 Å². The van der Waals surface area contributed by atoms with Crippen molar-refractivity contribution in [1.82, 2.24) is 15.2 Å². The molecule has 156 valence electrons. The molecule has 1 aromatic heterocycles. The van der Waals surface area contributed by atoms with Gasteiger partial charge in [-0.15, -0.1) is 0 Å². The number of hydrogen-bond donors (Lipinski definition) is 1. The minimum atomic E-state index is -0.628. The number of ether oxygens (including phenoxy) is 1. The van der Waals surface area contributed by atoms with E-state index in [1.54, 1.807) is 36.4 Å². The lowest BCUT2D eigenvalue weighted by molar-refractivity contribution is 0.0947. The second-order valence-corrected chi connectivity index (χ2v) is 6.71. The SMILES string of the molecule is CCOc1ccc(/C=N/NC(=O)c2nn(-c3ccc(C)cc3)c(=O)c(C#N)c2C)cc1. The Morgan fingerprint density at radius 3 is 2.48 bits per heavy atom. The van der Waals surface area contributed by atoms with Gasteiger partial charge in [-0.05, 0) is 62.7 Å². The smallest absolute Gasteiger partial charge is 0.292 e. The summed E-state index contributed by atoms with van der Waals surface area (Å²) in [4.78, 5) is 25.3. The molecule has 1 heterocycles.